The number of rotatable bonds is 4. The van der Waals surface area contributed by atoms with Crippen LogP contribution in [0.2, 0.25) is 5.02 Å². The van der Waals surface area contributed by atoms with Crippen molar-refractivity contribution in [1.82, 2.24) is 5.32 Å². The number of hydrogen-bond acceptors (Lipinski definition) is 3. The molecular formula is C18H17ClN2O3. The Morgan fingerprint density at radius 2 is 1.92 bits per heavy atom. The van der Waals surface area contributed by atoms with Crippen molar-refractivity contribution in [3.05, 3.63) is 59.1 Å². The van der Waals surface area contributed by atoms with E-state index in [1.165, 1.54) is 7.11 Å². The molecular weight excluding hydrogens is 328 g/mol. The lowest BCUT2D eigenvalue weighted by Crippen LogP contribution is -2.41. The molecule has 124 valence electrons. The molecule has 2 amide bonds. The Bertz CT molecular complexity index is 778. The molecule has 1 fully saturated rings. The van der Waals surface area contributed by atoms with E-state index in [1.807, 2.05) is 12.1 Å². The third-order valence-electron chi connectivity index (χ3n) is 4.01. The van der Waals surface area contributed by atoms with Gasteiger partial charge < -0.3 is 15.0 Å². The molecule has 1 saturated heterocycles. The minimum absolute atomic E-state index is 0.161. The van der Waals surface area contributed by atoms with Gasteiger partial charge in [-0.2, -0.15) is 0 Å². The van der Waals surface area contributed by atoms with Gasteiger partial charge in [-0.15, -0.1) is 0 Å². The van der Waals surface area contributed by atoms with E-state index in [0.717, 1.165) is 0 Å². The van der Waals surface area contributed by atoms with Crippen LogP contribution in [0.1, 0.15) is 16.8 Å². The molecule has 1 unspecified atom stereocenters. The van der Waals surface area contributed by atoms with Gasteiger partial charge in [-0.3, -0.25) is 9.59 Å². The lowest BCUT2D eigenvalue weighted by atomic mass is 10.1. The number of hydrogen-bond donors (Lipinski definition) is 1. The van der Waals surface area contributed by atoms with Gasteiger partial charge in [0.2, 0.25) is 5.91 Å². The third-order valence-corrected chi connectivity index (χ3v) is 4.33. The normalized spacial score (nSPS) is 17.0. The minimum atomic E-state index is -0.571. The van der Waals surface area contributed by atoms with Crippen LogP contribution in [0.3, 0.4) is 0 Å². The Hall–Kier alpha value is -2.53. The van der Waals surface area contributed by atoms with Crippen molar-refractivity contribution in [3.8, 4) is 5.75 Å². The first-order chi connectivity index (χ1) is 11.6. The predicted octanol–water partition coefficient (Wildman–Crippen LogP) is 2.88. The summed E-state index contributed by atoms with van der Waals surface area (Å²) < 4.78 is 5.19. The van der Waals surface area contributed by atoms with Crippen molar-refractivity contribution in [2.24, 2.45) is 0 Å². The second-order valence-corrected chi connectivity index (χ2v) is 5.86. The predicted molar refractivity (Wildman–Crippen MR) is 92.7 cm³/mol. The number of benzene rings is 2. The van der Waals surface area contributed by atoms with E-state index in [9.17, 15) is 9.59 Å². The van der Waals surface area contributed by atoms with Gasteiger partial charge in [-0.1, -0.05) is 35.9 Å². The summed E-state index contributed by atoms with van der Waals surface area (Å²) in [7, 11) is 1.51. The number of carbonyl (C=O) groups is 2. The summed E-state index contributed by atoms with van der Waals surface area (Å²) in [6, 6.07) is 13.5. The largest absolute Gasteiger partial charge is 0.496 e. The molecule has 0 aliphatic carbocycles. The molecule has 1 aliphatic rings. The summed E-state index contributed by atoms with van der Waals surface area (Å²) in [5.41, 5.74) is 1.07. The summed E-state index contributed by atoms with van der Waals surface area (Å²) in [6.07, 6.45) is 0.533. The Morgan fingerprint density at radius 1 is 1.21 bits per heavy atom. The maximum atomic E-state index is 12.6. The molecule has 1 atom stereocenters. The number of para-hydroxylation sites is 2. The summed E-state index contributed by atoms with van der Waals surface area (Å²) in [5, 5.41) is 3.30. The lowest BCUT2D eigenvalue weighted by molar-refractivity contribution is -0.118. The standard InChI is InChI=1S/C18H17ClN2O3/c1-24-16-9-5-2-6-12(16)17(22)20-14-10-11-21(18(14)23)15-8-4-3-7-13(15)19/h2-9,14H,10-11H2,1H3,(H,20,22). The molecule has 1 N–H and O–H groups in total. The number of nitrogens with one attached hydrogen (secondary N) is 1. The van der Waals surface area contributed by atoms with Gasteiger partial charge in [-0.25, -0.2) is 0 Å². The maximum Gasteiger partial charge on any atom is 0.255 e. The number of halogens is 1. The minimum Gasteiger partial charge on any atom is -0.496 e. The zero-order chi connectivity index (χ0) is 17.1. The van der Waals surface area contributed by atoms with Crippen LogP contribution >= 0.6 is 11.6 Å². The molecule has 0 spiro atoms. The van der Waals surface area contributed by atoms with Crippen LogP contribution in [0, 0.1) is 0 Å². The van der Waals surface area contributed by atoms with Crippen molar-refractivity contribution in [2.75, 3.05) is 18.6 Å². The Balaban J connectivity index is 1.74. The number of anilines is 1. The van der Waals surface area contributed by atoms with E-state index in [0.29, 0.717) is 35.0 Å². The molecule has 3 rings (SSSR count). The number of ether oxygens (including phenoxy) is 1. The van der Waals surface area contributed by atoms with Gasteiger partial charge in [0, 0.05) is 6.54 Å². The van der Waals surface area contributed by atoms with Crippen LogP contribution in [-0.2, 0) is 4.79 Å². The average Bonchev–Trinajstić information content (AvgIpc) is 2.96. The summed E-state index contributed by atoms with van der Waals surface area (Å²) in [6.45, 7) is 0.513. The Kier molecular flexibility index (Phi) is 4.71. The zero-order valence-corrected chi connectivity index (χ0v) is 13.9. The maximum absolute atomic E-state index is 12.6. The summed E-state index contributed by atoms with van der Waals surface area (Å²) in [5.74, 6) is -0.0124. The van der Waals surface area contributed by atoms with Crippen LogP contribution in [0.15, 0.2) is 48.5 Å². The molecule has 1 aliphatic heterocycles. The molecule has 6 heteroatoms. The smallest absolute Gasteiger partial charge is 0.255 e. The first-order valence-electron chi connectivity index (χ1n) is 7.61. The molecule has 5 nitrogen and oxygen atoms in total. The van der Waals surface area contributed by atoms with Crippen LogP contribution in [0.5, 0.6) is 5.75 Å². The first kappa shape index (κ1) is 16.3. The zero-order valence-electron chi connectivity index (χ0n) is 13.2. The third kappa shape index (κ3) is 3.08. The van der Waals surface area contributed by atoms with E-state index in [1.54, 1.807) is 41.3 Å². The van der Waals surface area contributed by atoms with E-state index < -0.39 is 6.04 Å². The highest BCUT2D eigenvalue weighted by Gasteiger charge is 2.34. The fourth-order valence-electron chi connectivity index (χ4n) is 2.79. The highest BCUT2D eigenvalue weighted by molar-refractivity contribution is 6.34. The van der Waals surface area contributed by atoms with Crippen LogP contribution in [0.4, 0.5) is 5.69 Å². The van der Waals surface area contributed by atoms with E-state index in [2.05, 4.69) is 5.32 Å². The quantitative estimate of drug-likeness (QED) is 0.927. The van der Waals surface area contributed by atoms with Crippen LogP contribution in [0.25, 0.3) is 0 Å². The fraction of sp³-hybridized carbons (Fsp3) is 0.222. The van der Waals surface area contributed by atoms with Gasteiger partial charge in [0.05, 0.1) is 23.4 Å². The fourth-order valence-corrected chi connectivity index (χ4v) is 3.03. The molecule has 0 aromatic heterocycles. The van der Waals surface area contributed by atoms with Crippen molar-refractivity contribution in [2.45, 2.75) is 12.5 Å². The molecule has 2 aromatic carbocycles. The van der Waals surface area contributed by atoms with Crippen LogP contribution in [-0.4, -0.2) is 31.5 Å². The SMILES string of the molecule is COc1ccccc1C(=O)NC1CCN(c2ccccc2Cl)C1=O. The summed E-state index contributed by atoms with van der Waals surface area (Å²) in [4.78, 5) is 26.7. The molecule has 0 radical (unpaired) electrons. The molecule has 0 saturated carbocycles. The second kappa shape index (κ2) is 6.93. The van der Waals surface area contributed by atoms with Gasteiger partial charge >= 0.3 is 0 Å². The monoisotopic (exact) mass is 344 g/mol. The average molecular weight is 345 g/mol. The van der Waals surface area contributed by atoms with E-state index in [-0.39, 0.29) is 11.8 Å². The van der Waals surface area contributed by atoms with Gasteiger partial charge in [-0.05, 0) is 30.7 Å². The lowest BCUT2D eigenvalue weighted by Gasteiger charge is -2.18. The Labute approximate surface area is 145 Å². The molecule has 24 heavy (non-hydrogen) atoms. The van der Waals surface area contributed by atoms with Gasteiger partial charge in [0.15, 0.2) is 0 Å². The number of methoxy groups -OCH3 is 1. The van der Waals surface area contributed by atoms with E-state index in [4.69, 9.17) is 16.3 Å². The van der Waals surface area contributed by atoms with Gasteiger partial charge in [0.1, 0.15) is 11.8 Å². The van der Waals surface area contributed by atoms with Crippen LogP contribution < -0.4 is 15.0 Å². The topological polar surface area (TPSA) is 58.6 Å². The van der Waals surface area contributed by atoms with Crippen molar-refractivity contribution in [3.63, 3.8) is 0 Å². The number of carbonyl (C=O) groups excluding carboxylic acids is 2. The van der Waals surface area contributed by atoms with Crippen molar-refractivity contribution >= 4 is 29.1 Å². The highest BCUT2D eigenvalue weighted by Crippen LogP contribution is 2.29. The van der Waals surface area contributed by atoms with Gasteiger partial charge in [0.25, 0.3) is 5.91 Å². The summed E-state index contributed by atoms with van der Waals surface area (Å²) >= 11 is 6.16. The number of amides is 2. The Morgan fingerprint density at radius 3 is 2.67 bits per heavy atom. The molecule has 2 aromatic rings. The second-order valence-electron chi connectivity index (χ2n) is 5.46. The van der Waals surface area contributed by atoms with Crippen molar-refractivity contribution in [1.29, 1.82) is 0 Å². The molecule has 1 heterocycles. The number of nitrogens with zero attached hydrogens (tertiary/aromatic N) is 1. The highest BCUT2D eigenvalue weighted by atomic mass is 35.5. The van der Waals surface area contributed by atoms with Crippen molar-refractivity contribution < 1.29 is 14.3 Å². The molecule has 0 bridgehead atoms. The van der Waals surface area contributed by atoms with E-state index >= 15 is 0 Å². The first-order valence-corrected chi connectivity index (χ1v) is 7.99.